The molecule has 0 spiro atoms. The van der Waals surface area contributed by atoms with Crippen LogP contribution in [0.15, 0.2) is 18.2 Å². The minimum Gasteiger partial charge on any atom is -0.385 e. The van der Waals surface area contributed by atoms with E-state index in [2.05, 4.69) is 42.3 Å². The second-order valence-electron chi connectivity index (χ2n) is 5.53. The molecule has 2 heteroatoms. The Hall–Kier alpha value is -1.18. The Morgan fingerprint density at radius 3 is 2.53 bits per heavy atom. The monoisotopic (exact) mass is 260 g/mol. The summed E-state index contributed by atoms with van der Waals surface area (Å²) in [5, 5.41) is 3.54. The van der Waals surface area contributed by atoms with E-state index in [1.165, 1.54) is 63.0 Å². The molecule has 0 atom stereocenters. The first kappa shape index (κ1) is 14.2. The summed E-state index contributed by atoms with van der Waals surface area (Å²) in [6.45, 7) is 8.08. The molecule has 0 amide bonds. The largest absolute Gasteiger partial charge is 0.385 e. The third-order valence-corrected chi connectivity index (χ3v) is 3.97. The normalized spacial score (nSPS) is 13.8. The summed E-state index contributed by atoms with van der Waals surface area (Å²) in [6, 6.07) is 6.75. The predicted octanol–water partition coefficient (Wildman–Crippen LogP) is 4.45. The van der Waals surface area contributed by atoms with E-state index in [1.807, 2.05) is 0 Å². The van der Waals surface area contributed by atoms with Gasteiger partial charge >= 0.3 is 0 Å². The second kappa shape index (κ2) is 7.42. The Balaban J connectivity index is 2.19. The summed E-state index contributed by atoms with van der Waals surface area (Å²) >= 11 is 0. The molecule has 0 unspecified atom stereocenters. The van der Waals surface area contributed by atoms with Crippen LogP contribution in [-0.2, 0) is 6.42 Å². The van der Waals surface area contributed by atoms with Crippen molar-refractivity contribution >= 4 is 11.4 Å². The summed E-state index contributed by atoms with van der Waals surface area (Å²) in [6.07, 6.45) is 7.63. The van der Waals surface area contributed by atoms with Crippen molar-refractivity contribution in [1.82, 2.24) is 0 Å². The quantitative estimate of drug-likeness (QED) is 0.779. The van der Waals surface area contributed by atoms with Crippen molar-refractivity contribution in [3.63, 3.8) is 0 Å². The lowest BCUT2D eigenvalue weighted by Gasteiger charge is -2.30. The molecule has 1 N–H and O–H groups in total. The third kappa shape index (κ3) is 3.65. The van der Waals surface area contributed by atoms with Crippen LogP contribution in [0.3, 0.4) is 0 Å². The summed E-state index contributed by atoms with van der Waals surface area (Å²) in [4.78, 5) is 2.61. The van der Waals surface area contributed by atoms with Crippen LogP contribution in [0.25, 0.3) is 0 Å². The van der Waals surface area contributed by atoms with Gasteiger partial charge < -0.3 is 10.2 Å². The zero-order valence-corrected chi connectivity index (χ0v) is 12.5. The van der Waals surface area contributed by atoms with Gasteiger partial charge in [-0.05, 0) is 43.4 Å². The highest BCUT2D eigenvalue weighted by atomic mass is 15.1. The maximum atomic E-state index is 3.54. The van der Waals surface area contributed by atoms with Gasteiger partial charge in [0.05, 0.1) is 0 Å². The molecule has 2 nitrogen and oxygen atoms in total. The van der Waals surface area contributed by atoms with E-state index < -0.39 is 0 Å². The van der Waals surface area contributed by atoms with E-state index in [0.717, 1.165) is 6.54 Å². The van der Waals surface area contributed by atoms with Crippen LogP contribution in [0.1, 0.15) is 51.5 Å². The minimum absolute atomic E-state index is 1.13. The van der Waals surface area contributed by atoms with Crippen LogP contribution >= 0.6 is 0 Å². The Morgan fingerprint density at radius 2 is 1.84 bits per heavy atom. The van der Waals surface area contributed by atoms with Crippen molar-refractivity contribution in [2.75, 3.05) is 29.9 Å². The standard InChI is InChI=1S/C17H28N2/c1-3-5-13-19(14-6-4-2)17-11-7-10-16-15(17)9-8-12-18-16/h7,10-11,18H,3-6,8-9,12-14H2,1-2H3. The second-order valence-corrected chi connectivity index (χ2v) is 5.53. The van der Waals surface area contributed by atoms with Crippen molar-refractivity contribution in [3.8, 4) is 0 Å². The molecule has 1 aliphatic rings. The highest BCUT2D eigenvalue weighted by Crippen LogP contribution is 2.31. The van der Waals surface area contributed by atoms with Crippen LogP contribution in [0.5, 0.6) is 0 Å². The maximum Gasteiger partial charge on any atom is 0.0419 e. The molecule has 0 bridgehead atoms. The lowest BCUT2D eigenvalue weighted by Crippen LogP contribution is -2.28. The fraction of sp³-hybridized carbons (Fsp3) is 0.647. The van der Waals surface area contributed by atoms with Gasteiger partial charge in [0.25, 0.3) is 0 Å². The molecule has 0 saturated heterocycles. The van der Waals surface area contributed by atoms with Crippen LogP contribution in [0.4, 0.5) is 11.4 Å². The molecule has 1 aromatic rings. The molecule has 1 aliphatic heterocycles. The number of hydrogen-bond acceptors (Lipinski definition) is 2. The topological polar surface area (TPSA) is 15.3 Å². The summed E-state index contributed by atoms with van der Waals surface area (Å²) in [5.41, 5.74) is 4.38. The molecular weight excluding hydrogens is 232 g/mol. The molecule has 0 aromatic heterocycles. The SMILES string of the molecule is CCCCN(CCCC)c1cccc2c1CCCN2. The van der Waals surface area contributed by atoms with E-state index in [4.69, 9.17) is 0 Å². The van der Waals surface area contributed by atoms with Crippen molar-refractivity contribution in [2.24, 2.45) is 0 Å². The fourth-order valence-electron chi connectivity index (χ4n) is 2.84. The van der Waals surface area contributed by atoms with E-state index in [0.29, 0.717) is 0 Å². The first-order valence-corrected chi connectivity index (χ1v) is 7.97. The molecular formula is C17H28N2. The van der Waals surface area contributed by atoms with Crippen LogP contribution < -0.4 is 10.2 Å². The van der Waals surface area contributed by atoms with Gasteiger partial charge in [-0.3, -0.25) is 0 Å². The van der Waals surface area contributed by atoms with Crippen LogP contribution in [-0.4, -0.2) is 19.6 Å². The van der Waals surface area contributed by atoms with E-state index >= 15 is 0 Å². The number of unbranched alkanes of at least 4 members (excludes halogenated alkanes) is 2. The first-order chi connectivity index (χ1) is 9.36. The minimum atomic E-state index is 1.13. The van der Waals surface area contributed by atoms with Gasteiger partial charge in [0.2, 0.25) is 0 Å². The molecule has 2 rings (SSSR count). The Bertz CT molecular complexity index is 379. The fourth-order valence-corrected chi connectivity index (χ4v) is 2.84. The number of fused-ring (bicyclic) bond motifs is 1. The zero-order chi connectivity index (χ0) is 13.5. The summed E-state index contributed by atoms with van der Waals surface area (Å²) in [7, 11) is 0. The highest BCUT2D eigenvalue weighted by Gasteiger charge is 2.16. The van der Waals surface area contributed by atoms with E-state index in [1.54, 1.807) is 5.56 Å². The molecule has 0 aliphatic carbocycles. The van der Waals surface area contributed by atoms with Gasteiger partial charge in [-0.2, -0.15) is 0 Å². The molecule has 1 aromatic carbocycles. The van der Waals surface area contributed by atoms with Crippen molar-refractivity contribution in [3.05, 3.63) is 23.8 Å². The number of benzene rings is 1. The average Bonchev–Trinajstić information content (AvgIpc) is 2.47. The lowest BCUT2D eigenvalue weighted by molar-refractivity contribution is 0.673. The van der Waals surface area contributed by atoms with Crippen LogP contribution in [0, 0.1) is 0 Å². The predicted molar refractivity (Wildman–Crippen MR) is 85.3 cm³/mol. The van der Waals surface area contributed by atoms with Gasteiger partial charge in [0.15, 0.2) is 0 Å². The van der Waals surface area contributed by atoms with Crippen molar-refractivity contribution < 1.29 is 0 Å². The van der Waals surface area contributed by atoms with Gasteiger partial charge in [-0.1, -0.05) is 32.8 Å². The number of anilines is 2. The van der Waals surface area contributed by atoms with Gasteiger partial charge in [0, 0.05) is 31.0 Å². The summed E-state index contributed by atoms with van der Waals surface area (Å²) < 4.78 is 0. The Morgan fingerprint density at radius 1 is 1.11 bits per heavy atom. The Kier molecular flexibility index (Phi) is 5.56. The van der Waals surface area contributed by atoms with Crippen molar-refractivity contribution in [1.29, 1.82) is 0 Å². The van der Waals surface area contributed by atoms with Crippen molar-refractivity contribution in [2.45, 2.75) is 52.4 Å². The maximum absolute atomic E-state index is 3.54. The third-order valence-electron chi connectivity index (χ3n) is 3.97. The molecule has 0 fully saturated rings. The molecule has 106 valence electrons. The average molecular weight is 260 g/mol. The first-order valence-electron chi connectivity index (χ1n) is 7.97. The van der Waals surface area contributed by atoms with E-state index in [9.17, 15) is 0 Å². The van der Waals surface area contributed by atoms with Gasteiger partial charge in [-0.25, -0.2) is 0 Å². The zero-order valence-electron chi connectivity index (χ0n) is 12.5. The number of nitrogens with one attached hydrogen (secondary N) is 1. The Labute approximate surface area is 118 Å². The lowest BCUT2D eigenvalue weighted by atomic mass is 10.00. The smallest absolute Gasteiger partial charge is 0.0419 e. The molecule has 1 heterocycles. The van der Waals surface area contributed by atoms with Crippen LogP contribution in [0.2, 0.25) is 0 Å². The number of nitrogens with zero attached hydrogens (tertiary/aromatic N) is 1. The van der Waals surface area contributed by atoms with Gasteiger partial charge in [-0.15, -0.1) is 0 Å². The summed E-state index contributed by atoms with van der Waals surface area (Å²) in [5.74, 6) is 0. The molecule has 0 radical (unpaired) electrons. The number of rotatable bonds is 7. The van der Waals surface area contributed by atoms with E-state index in [-0.39, 0.29) is 0 Å². The molecule has 19 heavy (non-hydrogen) atoms. The number of hydrogen-bond donors (Lipinski definition) is 1. The van der Waals surface area contributed by atoms with Gasteiger partial charge in [0.1, 0.15) is 0 Å². The molecule has 0 saturated carbocycles. The highest BCUT2D eigenvalue weighted by molar-refractivity contribution is 5.67.